The Labute approximate surface area is 362 Å². The van der Waals surface area contributed by atoms with E-state index in [0.717, 1.165) is 55.8 Å². The van der Waals surface area contributed by atoms with Crippen LogP contribution in [0.1, 0.15) is 23.5 Å². The van der Waals surface area contributed by atoms with Crippen LogP contribution < -0.4 is 0 Å². The fourth-order valence-electron chi connectivity index (χ4n) is 10.1. The van der Waals surface area contributed by atoms with Crippen LogP contribution in [0.25, 0.3) is 110 Å². The maximum Gasteiger partial charge on any atom is 0.164 e. The number of furan rings is 1. The molecule has 3 heterocycles. The van der Waals surface area contributed by atoms with Crippen LogP contribution in [0.3, 0.4) is 0 Å². The zero-order chi connectivity index (χ0) is 41.4. The monoisotopic (exact) mass is 806 g/mol. The highest BCUT2D eigenvalue weighted by Crippen LogP contribution is 2.42. The zero-order valence-corrected chi connectivity index (χ0v) is 34.2. The maximum atomic E-state index is 6.66. The minimum Gasteiger partial charge on any atom is -0.456 e. The first-order valence-electron chi connectivity index (χ1n) is 21.7. The van der Waals surface area contributed by atoms with E-state index in [9.17, 15) is 0 Å². The first kappa shape index (κ1) is 35.6. The predicted octanol–water partition coefficient (Wildman–Crippen LogP) is 15.0. The second-order valence-corrected chi connectivity index (χ2v) is 16.7. The molecule has 0 fully saturated rings. The molecule has 1 aliphatic carbocycles. The number of hydrogen-bond donors (Lipinski definition) is 0. The van der Waals surface area contributed by atoms with Gasteiger partial charge < -0.3 is 8.98 Å². The van der Waals surface area contributed by atoms with E-state index in [1.807, 2.05) is 18.2 Å². The van der Waals surface area contributed by atoms with Gasteiger partial charge in [0.1, 0.15) is 11.2 Å². The van der Waals surface area contributed by atoms with Crippen molar-refractivity contribution >= 4 is 76.1 Å². The highest BCUT2D eigenvalue weighted by atomic mass is 16.3. The first-order valence-corrected chi connectivity index (χ1v) is 21.7. The van der Waals surface area contributed by atoms with E-state index in [0.29, 0.717) is 24.0 Å². The van der Waals surface area contributed by atoms with Gasteiger partial charge in [-0.25, -0.2) is 15.0 Å². The number of rotatable bonds is 6. The number of aromatic nitrogens is 4. The second-order valence-electron chi connectivity index (χ2n) is 16.7. The van der Waals surface area contributed by atoms with Crippen molar-refractivity contribution in [2.24, 2.45) is 0 Å². The Balaban J connectivity index is 0.978. The average molecular weight is 807 g/mol. The van der Waals surface area contributed by atoms with Gasteiger partial charge in [0, 0.05) is 50.7 Å². The van der Waals surface area contributed by atoms with E-state index in [1.165, 1.54) is 54.5 Å². The molecular weight excluding hydrogens is 769 g/mol. The Morgan fingerprint density at radius 2 is 1.21 bits per heavy atom. The third kappa shape index (κ3) is 5.81. The van der Waals surface area contributed by atoms with Crippen LogP contribution in [-0.4, -0.2) is 19.5 Å². The van der Waals surface area contributed by atoms with Crippen LogP contribution >= 0.6 is 0 Å². The summed E-state index contributed by atoms with van der Waals surface area (Å²) in [4.78, 5) is 15.5. The summed E-state index contributed by atoms with van der Waals surface area (Å²) in [6.07, 6.45) is 9.67. The summed E-state index contributed by atoms with van der Waals surface area (Å²) < 4.78 is 9.17. The van der Waals surface area contributed by atoms with Crippen LogP contribution in [0.15, 0.2) is 205 Å². The fraction of sp³-hybridized carbons (Fsp3) is 0.0517. The molecule has 0 N–H and O–H groups in total. The maximum absolute atomic E-state index is 6.66. The zero-order valence-electron chi connectivity index (χ0n) is 34.2. The lowest BCUT2D eigenvalue weighted by Crippen LogP contribution is -2.04. The molecule has 0 aliphatic heterocycles. The number of allylic oxidation sites excluding steroid dienone is 4. The lowest BCUT2D eigenvalue weighted by molar-refractivity contribution is 0.668. The van der Waals surface area contributed by atoms with Crippen molar-refractivity contribution in [3.63, 3.8) is 0 Å². The number of nitrogens with zero attached hydrogens (tertiary/aromatic N) is 4. The minimum absolute atomic E-state index is 0.249. The van der Waals surface area contributed by atoms with E-state index in [4.69, 9.17) is 19.4 Å². The molecule has 0 radical (unpaired) electrons. The smallest absolute Gasteiger partial charge is 0.164 e. The summed E-state index contributed by atoms with van der Waals surface area (Å²) >= 11 is 0. The molecule has 1 aliphatic rings. The highest BCUT2D eigenvalue weighted by molar-refractivity contribution is 6.23. The molecule has 0 saturated heterocycles. The molecule has 5 heteroatoms. The van der Waals surface area contributed by atoms with E-state index in [2.05, 4.69) is 187 Å². The normalized spacial score (nSPS) is 14.1. The topological polar surface area (TPSA) is 56.7 Å². The summed E-state index contributed by atoms with van der Waals surface area (Å²) in [5.74, 6) is 2.21. The van der Waals surface area contributed by atoms with Crippen LogP contribution in [0.2, 0.25) is 0 Å². The van der Waals surface area contributed by atoms with E-state index in [-0.39, 0.29) is 5.92 Å². The molecule has 0 amide bonds. The molecule has 1 atom stereocenters. The van der Waals surface area contributed by atoms with Crippen molar-refractivity contribution in [2.45, 2.75) is 18.9 Å². The molecule has 0 spiro atoms. The predicted molar refractivity (Wildman–Crippen MR) is 260 cm³/mol. The van der Waals surface area contributed by atoms with E-state index < -0.39 is 0 Å². The Bertz CT molecular complexity index is 3870. The van der Waals surface area contributed by atoms with E-state index in [1.54, 1.807) is 0 Å². The van der Waals surface area contributed by atoms with Crippen LogP contribution in [0.4, 0.5) is 0 Å². The molecular formula is C58H38N4O. The summed E-state index contributed by atoms with van der Waals surface area (Å²) in [7, 11) is 0. The summed E-state index contributed by atoms with van der Waals surface area (Å²) in [5, 5.41) is 12.0. The third-order valence-electron chi connectivity index (χ3n) is 13.0. The van der Waals surface area contributed by atoms with Crippen molar-refractivity contribution in [2.75, 3.05) is 0 Å². The van der Waals surface area contributed by atoms with Gasteiger partial charge >= 0.3 is 0 Å². The molecule has 5 nitrogen and oxygen atoms in total. The average Bonchev–Trinajstić information content (AvgIpc) is 3.89. The quantitative estimate of drug-likeness (QED) is 0.168. The van der Waals surface area contributed by atoms with Gasteiger partial charge in [0.25, 0.3) is 0 Å². The Morgan fingerprint density at radius 3 is 2.08 bits per heavy atom. The molecule has 63 heavy (non-hydrogen) atoms. The van der Waals surface area contributed by atoms with Crippen molar-refractivity contribution in [3.8, 4) is 34.2 Å². The second kappa shape index (κ2) is 14.2. The van der Waals surface area contributed by atoms with Gasteiger partial charge in [0.2, 0.25) is 0 Å². The third-order valence-corrected chi connectivity index (χ3v) is 13.0. The van der Waals surface area contributed by atoms with Crippen molar-refractivity contribution in [1.82, 2.24) is 19.5 Å². The largest absolute Gasteiger partial charge is 0.456 e. The van der Waals surface area contributed by atoms with Gasteiger partial charge in [0.15, 0.2) is 17.5 Å². The number of hydrogen-bond acceptors (Lipinski definition) is 4. The Hall–Kier alpha value is -8.15. The minimum atomic E-state index is 0.249. The van der Waals surface area contributed by atoms with Gasteiger partial charge in [0.05, 0.1) is 11.0 Å². The molecule has 1 unspecified atom stereocenters. The molecule has 0 bridgehead atoms. The molecule has 3 aromatic heterocycles. The lowest BCUT2D eigenvalue weighted by Gasteiger charge is -2.18. The fourth-order valence-corrected chi connectivity index (χ4v) is 10.1. The van der Waals surface area contributed by atoms with Gasteiger partial charge in [-0.15, -0.1) is 0 Å². The van der Waals surface area contributed by atoms with Crippen molar-refractivity contribution in [3.05, 3.63) is 211 Å². The SMILES string of the molecule is C1=CCC(c2ccccc2-c2nc(-c3ccccc3)nc(-c3ccc4c(ccc5oc6cccc(Cn7c8cc9ccccc9cc8c8c9ccccc9ccc87)c6c54)c3)n2)C=C1. The Kier molecular flexibility index (Phi) is 8.03. The summed E-state index contributed by atoms with van der Waals surface area (Å²) in [5.41, 5.74) is 9.51. The first-order chi connectivity index (χ1) is 31.2. The van der Waals surface area contributed by atoms with Gasteiger partial charge in [-0.1, -0.05) is 164 Å². The highest BCUT2D eigenvalue weighted by Gasteiger charge is 2.21. The Morgan fingerprint density at radius 1 is 0.476 bits per heavy atom. The van der Waals surface area contributed by atoms with Crippen molar-refractivity contribution < 1.29 is 4.42 Å². The van der Waals surface area contributed by atoms with Gasteiger partial charge in [-0.05, 0) is 86.3 Å². The molecule has 296 valence electrons. The van der Waals surface area contributed by atoms with Crippen LogP contribution in [0, 0.1) is 0 Å². The molecule has 13 rings (SSSR count). The molecule has 0 saturated carbocycles. The summed E-state index contributed by atoms with van der Waals surface area (Å²) in [6, 6.07) is 62.8. The van der Waals surface area contributed by atoms with E-state index >= 15 is 0 Å². The molecule has 12 aromatic rings. The number of fused-ring (bicyclic) bond motifs is 11. The van der Waals surface area contributed by atoms with Gasteiger partial charge in [-0.2, -0.15) is 0 Å². The standard InChI is InChI=1S/C58H38N4O/c1-3-14-36(15-4-1)44-22-11-12-24-47(44)58-60-56(38-17-5-2-6-18-38)59-57(61-58)42-26-29-46-41(32-42)28-31-52-55(46)53-43(21-13-25-51(53)63-52)35-62-49-30-27-37-16-9-10-23-45(37)54(49)48-33-39-19-7-8-20-40(39)34-50(48)62/h1-14,16-34,36H,15,35H2. The van der Waals surface area contributed by atoms with Crippen LogP contribution in [-0.2, 0) is 6.54 Å². The summed E-state index contributed by atoms with van der Waals surface area (Å²) in [6.45, 7) is 0.682. The number of benzene rings is 9. The van der Waals surface area contributed by atoms with Gasteiger partial charge in [-0.3, -0.25) is 0 Å². The van der Waals surface area contributed by atoms with Crippen LogP contribution in [0.5, 0.6) is 0 Å². The van der Waals surface area contributed by atoms with Crippen molar-refractivity contribution in [1.29, 1.82) is 0 Å². The lowest BCUT2D eigenvalue weighted by atomic mass is 9.89. The molecule has 9 aromatic carbocycles.